The summed E-state index contributed by atoms with van der Waals surface area (Å²) in [7, 11) is 0. The molecule has 0 radical (unpaired) electrons. The molecule has 2 aliphatic rings. The lowest BCUT2D eigenvalue weighted by atomic mass is 10.0. The Kier molecular flexibility index (Phi) is 3.16. The first-order chi connectivity index (χ1) is 9.11. The molecule has 1 aromatic rings. The molecule has 2 fully saturated rings. The van der Waals surface area contributed by atoms with Crippen LogP contribution in [0.1, 0.15) is 33.1 Å². The van der Waals surface area contributed by atoms with Crippen molar-refractivity contribution in [2.24, 2.45) is 11.8 Å². The van der Waals surface area contributed by atoms with E-state index in [1.54, 1.807) is 0 Å². The van der Waals surface area contributed by atoms with Gasteiger partial charge in [-0.2, -0.15) is 15.0 Å². The minimum atomic E-state index is 0.0348. The molecule has 1 saturated heterocycles. The van der Waals surface area contributed by atoms with Gasteiger partial charge in [-0.1, -0.05) is 6.42 Å². The standard InChI is InChI=1S/C13H21N5O/c1-8(2)19-13-16-11(14)15-12(17-13)18-6-9-4-3-5-10(9)7-18/h8-10H,3-7H2,1-2H3,(H2,14,15,16,17). The van der Waals surface area contributed by atoms with Crippen LogP contribution in [-0.4, -0.2) is 34.1 Å². The van der Waals surface area contributed by atoms with Crippen molar-refractivity contribution in [3.8, 4) is 6.01 Å². The second kappa shape index (κ2) is 4.83. The maximum Gasteiger partial charge on any atom is 0.323 e. The molecule has 1 aromatic heterocycles. The van der Waals surface area contributed by atoms with Crippen LogP contribution in [-0.2, 0) is 0 Å². The molecule has 3 rings (SSSR count). The smallest absolute Gasteiger partial charge is 0.323 e. The summed E-state index contributed by atoms with van der Waals surface area (Å²) in [5.41, 5.74) is 5.75. The molecule has 1 aliphatic heterocycles. The van der Waals surface area contributed by atoms with Gasteiger partial charge in [-0.15, -0.1) is 0 Å². The second-order valence-electron chi connectivity index (χ2n) is 5.80. The minimum absolute atomic E-state index is 0.0348. The number of anilines is 2. The molecular weight excluding hydrogens is 242 g/mol. The predicted octanol–water partition coefficient (Wildman–Crippen LogP) is 1.48. The van der Waals surface area contributed by atoms with Crippen molar-refractivity contribution in [3.05, 3.63) is 0 Å². The molecule has 2 heterocycles. The number of fused-ring (bicyclic) bond motifs is 1. The number of aromatic nitrogens is 3. The third-order valence-electron chi connectivity index (χ3n) is 3.97. The van der Waals surface area contributed by atoms with Crippen molar-refractivity contribution in [3.63, 3.8) is 0 Å². The van der Waals surface area contributed by atoms with E-state index >= 15 is 0 Å². The Bertz CT molecular complexity index is 452. The van der Waals surface area contributed by atoms with Crippen LogP contribution in [0.25, 0.3) is 0 Å². The number of ether oxygens (including phenoxy) is 1. The average Bonchev–Trinajstić information content (AvgIpc) is 2.86. The Morgan fingerprint density at radius 3 is 2.47 bits per heavy atom. The monoisotopic (exact) mass is 263 g/mol. The number of nitrogens with two attached hydrogens (primary N) is 1. The van der Waals surface area contributed by atoms with Crippen LogP contribution >= 0.6 is 0 Å². The molecule has 0 bridgehead atoms. The second-order valence-corrected chi connectivity index (χ2v) is 5.80. The Hall–Kier alpha value is -1.59. The van der Waals surface area contributed by atoms with Gasteiger partial charge in [0.2, 0.25) is 11.9 Å². The van der Waals surface area contributed by atoms with Crippen molar-refractivity contribution in [2.45, 2.75) is 39.2 Å². The number of hydrogen-bond acceptors (Lipinski definition) is 6. The summed E-state index contributed by atoms with van der Waals surface area (Å²) in [6.45, 7) is 5.96. The van der Waals surface area contributed by atoms with Crippen LogP contribution < -0.4 is 15.4 Å². The number of rotatable bonds is 3. The van der Waals surface area contributed by atoms with E-state index in [2.05, 4.69) is 19.9 Å². The van der Waals surface area contributed by atoms with Crippen molar-refractivity contribution in [1.82, 2.24) is 15.0 Å². The van der Waals surface area contributed by atoms with Crippen molar-refractivity contribution in [2.75, 3.05) is 23.7 Å². The Labute approximate surface area is 113 Å². The first kappa shape index (κ1) is 12.4. The highest BCUT2D eigenvalue weighted by Gasteiger charge is 2.37. The van der Waals surface area contributed by atoms with Gasteiger partial charge in [-0.25, -0.2) is 0 Å². The normalized spacial score (nSPS) is 25.9. The molecule has 2 unspecified atom stereocenters. The largest absolute Gasteiger partial charge is 0.461 e. The highest BCUT2D eigenvalue weighted by Crippen LogP contribution is 2.38. The summed E-state index contributed by atoms with van der Waals surface area (Å²) in [5, 5.41) is 0. The maximum atomic E-state index is 5.75. The molecule has 19 heavy (non-hydrogen) atoms. The van der Waals surface area contributed by atoms with Gasteiger partial charge in [0.25, 0.3) is 0 Å². The highest BCUT2D eigenvalue weighted by molar-refractivity contribution is 5.37. The molecule has 2 N–H and O–H groups in total. The van der Waals surface area contributed by atoms with Crippen LogP contribution in [0, 0.1) is 11.8 Å². The molecule has 6 nitrogen and oxygen atoms in total. The van der Waals surface area contributed by atoms with E-state index in [0.717, 1.165) is 24.9 Å². The fraction of sp³-hybridized carbons (Fsp3) is 0.769. The minimum Gasteiger partial charge on any atom is -0.461 e. The molecule has 6 heteroatoms. The zero-order valence-corrected chi connectivity index (χ0v) is 11.5. The summed E-state index contributed by atoms with van der Waals surface area (Å²) >= 11 is 0. The van der Waals surface area contributed by atoms with Gasteiger partial charge in [0.05, 0.1) is 6.10 Å². The lowest BCUT2D eigenvalue weighted by molar-refractivity contribution is 0.222. The van der Waals surface area contributed by atoms with E-state index in [1.807, 2.05) is 13.8 Å². The number of nitrogens with zero attached hydrogens (tertiary/aromatic N) is 4. The van der Waals surface area contributed by atoms with Crippen LogP contribution in [0.2, 0.25) is 0 Å². The van der Waals surface area contributed by atoms with E-state index < -0.39 is 0 Å². The molecule has 2 atom stereocenters. The fourth-order valence-electron chi connectivity index (χ4n) is 3.16. The molecule has 0 aromatic carbocycles. The lowest BCUT2D eigenvalue weighted by Gasteiger charge is -2.18. The van der Waals surface area contributed by atoms with E-state index in [-0.39, 0.29) is 12.1 Å². The first-order valence-electron chi connectivity index (χ1n) is 7.05. The summed E-state index contributed by atoms with van der Waals surface area (Å²) < 4.78 is 5.52. The van der Waals surface area contributed by atoms with Crippen LogP contribution in [0.3, 0.4) is 0 Å². The fourth-order valence-corrected chi connectivity index (χ4v) is 3.16. The Morgan fingerprint density at radius 1 is 1.16 bits per heavy atom. The third kappa shape index (κ3) is 2.57. The zero-order chi connectivity index (χ0) is 13.4. The van der Waals surface area contributed by atoms with Gasteiger partial charge in [0, 0.05) is 13.1 Å². The summed E-state index contributed by atoms with van der Waals surface area (Å²) in [5.74, 6) is 2.50. The maximum absolute atomic E-state index is 5.75. The topological polar surface area (TPSA) is 77.2 Å². The van der Waals surface area contributed by atoms with E-state index in [0.29, 0.717) is 12.0 Å². The lowest BCUT2D eigenvalue weighted by Crippen LogP contribution is -2.24. The third-order valence-corrected chi connectivity index (χ3v) is 3.97. The Balaban J connectivity index is 1.79. The predicted molar refractivity (Wildman–Crippen MR) is 73.0 cm³/mol. The van der Waals surface area contributed by atoms with Gasteiger partial charge in [-0.05, 0) is 38.5 Å². The average molecular weight is 263 g/mol. The van der Waals surface area contributed by atoms with Crippen molar-refractivity contribution >= 4 is 11.9 Å². The number of nitrogen functional groups attached to an aromatic ring is 1. The highest BCUT2D eigenvalue weighted by atomic mass is 16.5. The summed E-state index contributed by atoms with van der Waals surface area (Å²) in [6, 6.07) is 0.328. The molecule has 1 saturated carbocycles. The van der Waals surface area contributed by atoms with Crippen LogP contribution in [0.5, 0.6) is 6.01 Å². The van der Waals surface area contributed by atoms with E-state index in [4.69, 9.17) is 10.5 Å². The quantitative estimate of drug-likeness (QED) is 0.890. The number of hydrogen-bond donors (Lipinski definition) is 1. The van der Waals surface area contributed by atoms with Gasteiger partial charge in [-0.3, -0.25) is 0 Å². The van der Waals surface area contributed by atoms with Gasteiger partial charge >= 0.3 is 6.01 Å². The van der Waals surface area contributed by atoms with Crippen molar-refractivity contribution < 1.29 is 4.74 Å². The molecule has 1 aliphatic carbocycles. The molecule has 104 valence electrons. The SMILES string of the molecule is CC(C)Oc1nc(N)nc(N2CC3CCCC3C2)n1. The summed E-state index contributed by atoms with van der Waals surface area (Å²) in [6.07, 6.45) is 4.06. The van der Waals surface area contributed by atoms with Crippen LogP contribution in [0.15, 0.2) is 0 Å². The zero-order valence-electron chi connectivity index (χ0n) is 11.5. The van der Waals surface area contributed by atoms with E-state index in [9.17, 15) is 0 Å². The Morgan fingerprint density at radius 2 is 1.84 bits per heavy atom. The van der Waals surface area contributed by atoms with Crippen LogP contribution in [0.4, 0.5) is 11.9 Å². The van der Waals surface area contributed by atoms with Gasteiger partial charge in [0.15, 0.2) is 0 Å². The van der Waals surface area contributed by atoms with Gasteiger partial charge < -0.3 is 15.4 Å². The van der Waals surface area contributed by atoms with E-state index in [1.165, 1.54) is 19.3 Å². The summed E-state index contributed by atoms with van der Waals surface area (Å²) in [4.78, 5) is 14.9. The molecule has 0 spiro atoms. The van der Waals surface area contributed by atoms with Gasteiger partial charge in [0.1, 0.15) is 0 Å². The first-order valence-corrected chi connectivity index (χ1v) is 7.05. The molecule has 0 amide bonds. The van der Waals surface area contributed by atoms with Crippen molar-refractivity contribution in [1.29, 1.82) is 0 Å². The molecular formula is C13H21N5O.